The first-order valence-corrected chi connectivity index (χ1v) is 6.56. The highest BCUT2D eigenvalue weighted by Gasteiger charge is 2.36. The lowest BCUT2D eigenvalue weighted by Crippen LogP contribution is -2.54. The molecule has 1 aliphatic heterocycles. The highest BCUT2D eigenvalue weighted by atomic mass is 16.5. The van der Waals surface area contributed by atoms with Crippen LogP contribution in [0.1, 0.15) is 11.1 Å². The quantitative estimate of drug-likeness (QED) is 0.806. The van der Waals surface area contributed by atoms with E-state index in [9.17, 15) is 5.11 Å². The maximum absolute atomic E-state index is 9.93. The molecule has 3 rings (SSSR count). The molecule has 1 aliphatic carbocycles. The zero-order valence-corrected chi connectivity index (χ0v) is 10.5. The van der Waals surface area contributed by atoms with E-state index in [4.69, 9.17) is 4.74 Å². The smallest absolute Gasteiger partial charge is 0.119 e. The molecule has 2 atom stereocenters. The Morgan fingerprint density at radius 2 is 2.33 bits per heavy atom. The molecule has 1 heterocycles. The van der Waals surface area contributed by atoms with E-state index in [0.717, 1.165) is 38.1 Å². The molecule has 0 radical (unpaired) electrons. The van der Waals surface area contributed by atoms with Crippen molar-refractivity contribution in [3.8, 4) is 5.75 Å². The van der Waals surface area contributed by atoms with Gasteiger partial charge in [0.1, 0.15) is 5.75 Å². The highest BCUT2D eigenvalue weighted by Crippen LogP contribution is 2.33. The molecule has 18 heavy (non-hydrogen) atoms. The number of hydrogen-bond acceptors (Lipinski definition) is 3. The Bertz CT molecular complexity index is 458. The van der Waals surface area contributed by atoms with Gasteiger partial charge in [-0.05, 0) is 23.6 Å². The zero-order valence-electron chi connectivity index (χ0n) is 10.5. The minimum atomic E-state index is 0.208. The maximum Gasteiger partial charge on any atom is 0.119 e. The van der Waals surface area contributed by atoms with Crippen LogP contribution in [0, 0.1) is 0 Å². The molecule has 1 unspecified atom stereocenters. The number of nitrogens with zero attached hydrogens (tertiary/aromatic N) is 1. The molecule has 1 fully saturated rings. The van der Waals surface area contributed by atoms with E-state index in [1.165, 1.54) is 5.56 Å². The van der Waals surface area contributed by atoms with Crippen molar-refractivity contribution >= 4 is 0 Å². The second-order valence-corrected chi connectivity index (χ2v) is 5.08. The molecule has 1 N–H and O–H groups in total. The molecule has 1 saturated heterocycles. The van der Waals surface area contributed by atoms with E-state index in [0.29, 0.717) is 11.8 Å². The Hall–Kier alpha value is -1.32. The number of fused-ring (bicyclic) bond motifs is 2. The number of phenolic OH excluding ortho intramolecular Hbond substituents is 1. The first-order valence-electron chi connectivity index (χ1n) is 6.56. The maximum atomic E-state index is 9.93. The summed E-state index contributed by atoms with van der Waals surface area (Å²) in [6, 6.07) is 6.23. The summed E-state index contributed by atoms with van der Waals surface area (Å²) in [6.45, 7) is 6.49. The SMILES string of the molecule is C=CCN1CCO[C@H]2Cc3c(O)cccc3CC21. The van der Waals surface area contributed by atoms with Gasteiger partial charge in [0.15, 0.2) is 0 Å². The zero-order chi connectivity index (χ0) is 12.5. The van der Waals surface area contributed by atoms with Crippen molar-refractivity contribution in [1.29, 1.82) is 0 Å². The average Bonchev–Trinajstić information content (AvgIpc) is 2.38. The molecule has 1 aromatic carbocycles. The summed E-state index contributed by atoms with van der Waals surface area (Å²) in [5.41, 5.74) is 2.33. The Labute approximate surface area is 108 Å². The Kier molecular flexibility index (Phi) is 3.10. The van der Waals surface area contributed by atoms with Gasteiger partial charge in [-0.1, -0.05) is 18.2 Å². The Morgan fingerprint density at radius 3 is 3.17 bits per heavy atom. The topological polar surface area (TPSA) is 32.7 Å². The van der Waals surface area contributed by atoms with Gasteiger partial charge < -0.3 is 9.84 Å². The summed E-state index contributed by atoms with van der Waals surface area (Å²) in [5.74, 6) is 0.412. The van der Waals surface area contributed by atoms with E-state index in [1.54, 1.807) is 6.07 Å². The van der Waals surface area contributed by atoms with E-state index in [2.05, 4.69) is 17.5 Å². The van der Waals surface area contributed by atoms with Crippen LogP contribution in [0.15, 0.2) is 30.9 Å². The van der Waals surface area contributed by atoms with Crippen LogP contribution in [0.4, 0.5) is 0 Å². The minimum absolute atomic E-state index is 0.208. The first-order chi connectivity index (χ1) is 8.79. The predicted molar refractivity (Wildman–Crippen MR) is 70.8 cm³/mol. The van der Waals surface area contributed by atoms with Crippen molar-refractivity contribution in [2.75, 3.05) is 19.7 Å². The van der Waals surface area contributed by atoms with Crippen molar-refractivity contribution in [3.05, 3.63) is 42.0 Å². The molecular formula is C15H19NO2. The molecule has 1 aromatic rings. The molecule has 3 nitrogen and oxygen atoms in total. The monoisotopic (exact) mass is 245 g/mol. The number of benzene rings is 1. The predicted octanol–water partition coefficient (Wildman–Crippen LogP) is 1.75. The molecule has 0 bridgehead atoms. The van der Waals surface area contributed by atoms with E-state index in [1.807, 2.05) is 12.1 Å². The van der Waals surface area contributed by atoms with Crippen LogP contribution in [-0.2, 0) is 17.6 Å². The van der Waals surface area contributed by atoms with Crippen molar-refractivity contribution in [2.45, 2.75) is 25.0 Å². The van der Waals surface area contributed by atoms with Crippen LogP contribution in [0.25, 0.3) is 0 Å². The van der Waals surface area contributed by atoms with E-state index < -0.39 is 0 Å². The van der Waals surface area contributed by atoms with Crippen LogP contribution in [-0.4, -0.2) is 41.8 Å². The number of phenols is 1. The van der Waals surface area contributed by atoms with Gasteiger partial charge >= 0.3 is 0 Å². The summed E-state index contributed by atoms with van der Waals surface area (Å²) in [7, 11) is 0. The molecular weight excluding hydrogens is 226 g/mol. The molecule has 0 saturated carbocycles. The fourth-order valence-electron chi connectivity index (χ4n) is 3.16. The van der Waals surface area contributed by atoms with Gasteiger partial charge in [-0.25, -0.2) is 0 Å². The van der Waals surface area contributed by atoms with Gasteiger partial charge in [0.2, 0.25) is 0 Å². The Morgan fingerprint density at radius 1 is 1.44 bits per heavy atom. The third-order valence-electron chi connectivity index (χ3n) is 4.05. The molecule has 0 aromatic heterocycles. The summed E-state index contributed by atoms with van der Waals surface area (Å²) < 4.78 is 5.88. The van der Waals surface area contributed by atoms with Crippen molar-refractivity contribution in [3.63, 3.8) is 0 Å². The van der Waals surface area contributed by atoms with Gasteiger partial charge in [-0.3, -0.25) is 4.90 Å². The van der Waals surface area contributed by atoms with Gasteiger partial charge in [0.05, 0.1) is 12.7 Å². The van der Waals surface area contributed by atoms with Crippen molar-refractivity contribution < 1.29 is 9.84 Å². The summed E-state index contributed by atoms with van der Waals surface area (Å²) in [4.78, 5) is 2.44. The standard InChI is InChI=1S/C15H19NO2/c1-2-6-16-7-8-18-15-10-12-11(9-13(15)16)4-3-5-14(12)17/h2-5,13,15,17H,1,6-10H2/t13?,15-/m0/s1. The number of rotatable bonds is 2. The first kappa shape index (κ1) is 11.8. The largest absolute Gasteiger partial charge is 0.508 e. The van der Waals surface area contributed by atoms with Crippen LogP contribution in [0.3, 0.4) is 0 Å². The van der Waals surface area contributed by atoms with Crippen LogP contribution in [0.2, 0.25) is 0 Å². The summed E-state index contributed by atoms with van der Waals surface area (Å²) >= 11 is 0. The third-order valence-corrected chi connectivity index (χ3v) is 4.05. The lowest BCUT2D eigenvalue weighted by molar-refractivity contribution is -0.0701. The lowest BCUT2D eigenvalue weighted by atomic mass is 9.84. The molecule has 0 amide bonds. The fourth-order valence-corrected chi connectivity index (χ4v) is 3.16. The number of hydrogen-bond donors (Lipinski definition) is 1. The summed E-state index contributed by atoms with van der Waals surface area (Å²) in [6.07, 6.45) is 3.95. The van der Waals surface area contributed by atoms with E-state index in [-0.39, 0.29) is 6.10 Å². The van der Waals surface area contributed by atoms with Crippen LogP contribution in [0.5, 0.6) is 5.75 Å². The summed E-state index contributed by atoms with van der Waals surface area (Å²) in [5, 5.41) is 9.93. The van der Waals surface area contributed by atoms with E-state index >= 15 is 0 Å². The molecule has 3 heteroatoms. The Balaban J connectivity index is 1.90. The second kappa shape index (κ2) is 4.75. The number of morpholine rings is 1. The van der Waals surface area contributed by atoms with Gasteiger partial charge in [0, 0.05) is 25.6 Å². The van der Waals surface area contributed by atoms with Gasteiger partial charge in [0.25, 0.3) is 0 Å². The molecule has 2 aliphatic rings. The fraction of sp³-hybridized carbons (Fsp3) is 0.467. The molecule has 96 valence electrons. The third kappa shape index (κ3) is 1.93. The lowest BCUT2D eigenvalue weighted by Gasteiger charge is -2.44. The van der Waals surface area contributed by atoms with Gasteiger partial charge in [-0.2, -0.15) is 0 Å². The second-order valence-electron chi connectivity index (χ2n) is 5.08. The van der Waals surface area contributed by atoms with Crippen LogP contribution < -0.4 is 0 Å². The van der Waals surface area contributed by atoms with Crippen LogP contribution >= 0.6 is 0 Å². The number of ether oxygens (including phenoxy) is 1. The van der Waals surface area contributed by atoms with Gasteiger partial charge in [-0.15, -0.1) is 6.58 Å². The number of aromatic hydroxyl groups is 1. The van der Waals surface area contributed by atoms with Crippen molar-refractivity contribution in [1.82, 2.24) is 4.90 Å². The molecule has 0 spiro atoms. The minimum Gasteiger partial charge on any atom is -0.508 e. The average molecular weight is 245 g/mol. The normalized spacial score (nSPS) is 27.3. The highest BCUT2D eigenvalue weighted by molar-refractivity contribution is 5.42. The van der Waals surface area contributed by atoms with Crippen molar-refractivity contribution in [2.24, 2.45) is 0 Å².